The fourth-order valence-electron chi connectivity index (χ4n) is 1.54. The number of nitrogens with zero attached hydrogens (tertiary/aromatic N) is 2. The van der Waals surface area contributed by atoms with E-state index in [4.69, 9.17) is 15.7 Å². The third-order valence-electron chi connectivity index (χ3n) is 2.42. The van der Waals surface area contributed by atoms with Gasteiger partial charge in [0.15, 0.2) is 0 Å². The van der Waals surface area contributed by atoms with Gasteiger partial charge < -0.3 is 15.4 Å². The maximum absolute atomic E-state index is 10.7. The van der Waals surface area contributed by atoms with E-state index in [1.807, 2.05) is 17.0 Å². The Kier molecular flexibility index (Phi) is 5.52. The number of carbonyl (C=O) groups excluding carboxylic acids is 1. The molecule has 2 N–H and O–H groups in total. The molecule has 1 aromatic carbocycles. The zero-order valence-corrected chi connectivity index (χ0v) is 10.4. The van der Waals surface area contributed by atoms with Gasteiger partial charge in [-0.15, -0.1) is 0 Å². The van der Waals surface area contributed by atoms with Crippen LogP contribution in [0.2, 0.25) is 0 Å². The molecule has 0 aliphatic heterocycles. The van der Waals surface area contributed by atoms with Crippen molar-refractivity contribution >= 4 is 17.3 Å². The summed E-state index contributed by atoms with van der Waals surface area (Å²) < 4.78 is 4.91. The molecule has 0 radical (unpaired) electrons. The van der Waals surface area contributed by atoms with Crippen molar-refractivity contribution in [2.24, 2.45) is 0 Å². The lowest BCUT2D eigenvalue weighted by Gasteiger charge is -2.23. The molecule has 5 nitrogen and oxygen atoms in total. The molecule has 5 heteroatoms. The predicted molar refractivity (Wildman–Crippen MR) is 69.9 cm³/mol. The van der Waals surface area contributed by atoms with Crippen molar-refractivity contribution in [2.45, 2.75) is 13.3 Å². The molecular formula is C13H17N3O2. The van der Waals surface area contributed by atoms with Gasteiger partial charge in [-0.1, -0.05) is 0 Å². The smallest absolute Gasteiger partial charge is 0.302 e. The summed E-state index contributed by atoms with van der Waals surface area (Å²) in [6, 6.07) is 9.50. The number of ether oxygens (including phenoxy) is 1. The Morgan fingerprint density at radius 2 is 2.06 bits per heavy atom. The van der Waals surface area contributed by atoms with Gasteiger partial charge in [-0.05, 0) is 24.3 Å². The molecule has 0 unspecified atom stereocenters. The lowest BCUT2D eigenvalue weighted by Crippen LogP contribution is -2.28. The fraction of sp³-hybridized carbons (Fsp3) is 0.385. The average molecular weight is 247 g/mol. The first-order valence-corrected chi connectivity index (χ1v) is 5.74. The van der Waals surface area contributed by atoms with Crippen LogP contribution in [0.1, 0.15) is 13.3 Å². The number of hydrogen-bond acceptors (Lipinski definition) is 5. The molecule has 0 bridgehead atoms. The van der Waals surface area contributed by atoms with E-state index in [0.29, 0.717) is 31.8 Å². The van der Waals surface area contributed by atoms with Crippen molar-refractivity contribution in [2.75, 3.05) is 30.3 Å². The highest BCUT2D eigenvalue weighted by atomic mass is 16.5. The number of carbonyl (C=O) groups is 1. The third-order valence-corrected chi connectivity index (χ3v) is 2.42. The number of benzene rings is 1. The van der Waals surface area contributed by atoms with E-state index in [0.717, 1.165) is 5.69 Å². The second-order valence-electron chi connectivity index (χ2n) is 3.83. The van der Waals surface area contributed by atoms with Crippen LogP contribution in [0.4, 0.5) is 11.4 Å². The summed E-state index contributed by atoms with van der Waals surface area (Å²) in [7, 11) is 0. The van der Waals surface area contributed by atoms with Gasteiger partial charge in [-0.25, -0.2) is 0 Å². The number of esters is 1. The summed E-state index contributed by atoms with van der Waals surface area (Å²) in [5.41, 5.74) is 7.28. The summed E-state index contributed by atoms with van der Waals surface area (Å²) in [6.45, 7) is 2.85. The molecule has 0 amide bonds. The van der Waals surface area contributed by atoms with Crippen LogP contribution in [0, 0.1) is 11.3 Å². The average Bonchev–Trinajstić information content (AvgIpc) is 2.34. The molecule has 0 atom stereocenters. The summed E-state index contributed by atoms with van der Waals surface area (Å²) in [5, 5.41) is 8.64. The molecule has 0 saturated heterocycles. The lowest BCUT2D eigenvalue weighted by molar-refractivity contribution is -0.140. The van der Waals surface area contributed by atoms with E-state index in [-0.39, 0.29) is 5.97 Å². The number of nitriles is 1. The van der Waals surface area contributed by atoms with Gasteiger partial charge in [0.1, 0.15) is 6.61 Å². The van der Waals surface area contributed by atoms with E-state index in [1.54, 1.807) is 12.1 Å². The highest BCUT2D eigenvalue weighted by Crippen LogP contribution is 2.16. The van der Waals surface area contributed by atoms with Crippen LogP contribution in [0.3, 0.4) is 0 Å². The maximum atomic E-state index is 10.7. The number of anilines is 2. The molecular weight excluding hydrogens is 230 g/mol. The zero-order chi connectivity index (χ0) is 13.4. The quantitative estimate of drug-likeness (QED) is 0.609. The van der Waals surface area contributed by atoms with E-state index in [1.165, 1.54) is 6.92 Å². The zero-order valence-electron chi connectivity index (χ0n) is 10.4. The van der Waals surface area contributed by atoms with Crippen molar-refractivity contribution in [3.05, 3.63) is 24.3 Å². The van der Waals surface area contributed by atoms with Crippen LogP contribution >= 0.6 is 0 Å². The lowest BCUT2D eigenvalue weighted by atomic mass is 10.2. The molecule has 0 aliphatic carbocycles. The minimum Gasteiger partial charge on any atom is -0.464 e. The van der Waals surface area contributed by atoms with Crippen molar-refractivity contribution < 1.29 is 9.53 Å². The Bertz CT molecular complexity index is 423. The molecule has 0 fully saturated rings. The van der Waals surface area contributed by atoms with Gasteiger partial charge in [0.2, 0.25) is 0 Å². The first-order valence-electron chi connectivity index (χ1n) is 5.74. The van der Waals surface area contributed by atoms with E-state index < -0.39 is 0 Å². The molecule has 18 heavy (non-hydrogen) atoms. The van der Waals surface area contributed by atoms with Gasteiger partial charge in [0.25, 0.3) is 0 Å². The molecule has 0 saturated carbocycles. The van der Waals surface area contributed by atoms with Gasteiger partial charge in [-0.2, -0.15) is 5.26 Å². The number of nitrogen functional groups attached to an aromatic ring is 1. The van der Waals surface area contributed by atoms with Crippen LogP contribution in [0.5, 0.6) is 0 Å². The second-order valence-corrected chi connectivity index (χ2v) is 3.83. The molecule has 0 aliphatic rings. The Morgan fingerprint density at radius 3 is 2.61 bits per heavy atom. The third kappa shape index (κ3) is 4.74. The van der Waals surface area contributed by atoms with Crippen LogP contribution < -0.4 is 10.6 Å². The van der Waals surface area contributed by atoms with Gasteiger partial charge in [0, 0.05) is 24.8 Å². The van der Waals surface area contributed by atoms with Crippen LogP contribution in [0.15, 0.2) is 24.3 Å². The van der Waals surface area contributed by atoms with Crippen molar-refractivity contribution in [1.29, 1.82) is 5.26 Å². The Balaban J connectivity index is 2.62. The number of rotatable bonds is 6. The van der Waals surface area contributed by atoms with Crippen LogP contribution in [0.25, 0.3) is 0 Å². The van der Waals surface area contributed by atoms with E-state index in [2.05, 4.69) is 6.07 Å². The first-order chi connectivity index (χ1) is 8.63. The van der Waals surface area contributed by atoms with Crippen LogP contribution in [-0.2, 0) is 9.53 Å². The second kappa shape index (κ2) is 7.17. The molecule has 0 spiro atoms. The van der Waals surface area contributed by atoms with Crippen molar-refractivity contribution in [1.82, 2.24) is 0 Å². The molecule has 0 aromatic heterocycles. The number of hydrogen-bond donors (Lipinski definition) is 1. The minimum atomic E-state index is -0.299. The topological polar surface area (TPSA) is 79.3 Å². The molecule has 1 rings (SSSR count). The molecule has 1 aromatic rings. The van der Waals surface area contributed by atoms with E-state index >= 15 is 0 Å². The maximum Gasteiger partial charge on any atom is 0.302 e. The standard InChI is InChI=1S/C13H17N3O2/c1-11(17)18-10-9-16(8-2-7-14)13-5-3-12(15)4-6-13/h3-6H,2,8-10,15H2,1H3. The normalized spacial score (nSPS) is 9.56. The van der Waals surface area contributed by atoms with Crippen LogP contribution in [-0.4, -0.2) is 25.7 Å². The monoisotopic (exact) mass is 247 g/mol. The number of nitrogens with two attached hydrogens (primary N) is 1. The first kappa shape index (κ1) is 13.8. The highest BCUT2D eigenvalue weighted by Gasteiger charge is 2.06. The van der Waals surface area contributed by atoms with Gasteiger partial charge >= 0.3 is 5.97 Å². The summed E-state index contributed by atoms with van der Waals surface area (Å²) in [4.78, 5) is 12.7. The van der Waals surface area contributed by atoms with Gasteiger partial charge in [-0.3, -0.25) is 4.79 Å². The Morgan fingerprint density at radius 1 is 1.39 bits per heavy atom. The Hall–Kier alpha value is -2.22. The summed E-state index contributed by atoms with van der Waals surface area (Å²) >= 11 is 0. The minimum absolute atomic E-state index is 0.299. The Labute approximate surface area is 107 Å². The summed E-state index contributed by atoms with van der Waals surface area (Å²) in [6.07, 6.45) is 0.421. The molecule has 96 valence electrons. The molecule has 0 heterocycles. The fourth-order valence-corrected chi connectivity index (χ4v) is 1.54. The van der Waals surface area contributed by atoms with Gasteiger partial charge in [0.05, 0.1) is 19.0 Å². The predicted octanol–water partition coefficient (Wildman–Crippen LogP) is 1.55. The van der Waals surface area contributed by atoms with E-state index in [9.17, 15) is 4.79 Å². The SMILES string of the molecule is CC(=O)OCCN(CCC#N)c1ccc(N)cc1. The van der Waals surface area contributed by atoms with Crippen molar-refractivity contribution in [3.63, 3.8) is 0 Å². The summed E-state index contributed by atoms with van der Waals surface area (Å²) in [5.74, 6) is -0.299. The van der Waals surface area contributed by atoms with Crippen molar-refractivity contribution in [3.8, 4) is 6.07 Å². The highest BCUT2D eigenvalue weighted by molar-refractivity contribution is 5.66. The largest absolute Gasteiger partial charge is 0.464 e.